The summed E-state index contributed by atoms with van der Waals surface area (Å²) in [6.07, 6.45) is 0.490. The molecule has 1 atom stereocenters. The normalized spacial score (nSPS) is 17.6. The Morgan fingerprint density at radius 2 is 1.88 bits per heavy atom. The fraction of sp³-hybridized carbons (Fsp3) is 0.333. The van der Waals surface area contributed by atoms with Crippen LogP contribution in [0.15, 0.2) is 48.5 Å². The number of imidazole rings is 1. The van der Waals surface area contributed by atoms with E-state index in [-0.39, 0.29) is 11.8 Å². The van der Waals surface area contributed by atoms with E-state index in [1.54, 1.807) is 0 Å². The third-order valence-corrected chi connectivity index (χ3v) is 5.11. The van der Waals surface area contributed by atoms with Crippen molar-refractivity contribution in [3.8, 4) is 0 Å². The Labute approximate surface area is 158 Å². The number of fused-ring (bicyclic) bond motifs is 1. The van der Waals surface area contributed by atoms with Gasteiger partial charge >= 0.3 is 0 Å². The van der Waals surface area contributed by atoms with Gasteiger partial charge in [-0.1, -0.05) is 37.6 Å². The lowest BCUT2D eigenvalue weighted by Crippen LogP contribution is -2.24. The van der Waals surface area contributed by atoms with Crippen LogP contribution < -0.4 is 4.90 Å². The molecule has 1 saturated heterocycles. The zero-order valence-corrected chi connectivity index (χ0v) is 15.8. The molecule has 0 radical (unpaired) electrons. The van der Waals surface area contributed by atoms with Crippen LogP contribution in [0, 0.1) is 5.92 Å². The lowest BCUT2D eigenvalue weighted by molar-refractivity contribution is -0.117. The minimum absolute atomic E-state index is 0.101. The number of hydrogen-bond acceptors (Lipinski definition) is 2. The fourth-order valence-corrected chi connectivity index (χ4v) is 3.84. The van der Waals surface area contributed by atoms with Crippen molar-refractivity contribution in [2.75, 3.05) is 11.4 Å². The minimum atomic E-state index is 0.101. The molecule has 0 N–H and O–H groups in total. The van der Waals surface area contributed by atoms with E-state index in [1.807, 2.05) is 47.4 Å². The molecule has 0 spiro atoms. The van der Waals surface area contributed by atoms with Crippen molar-refractivity contribution in [3.63, 3.8) is 0 Å². The molecule has 0 unspecified atom stereocenters. The van der Waals surface area contributed by atoms with Gasteiger partial charge in [-0.05, 0) is 42.3 Å². The highest BCUT2D eigenvalue weighted by Gasteiger charge is 2.34. The monoisotopic (exact) mass is 367 g/mol. The van der Waals surface area contributed by atoms with Crippen LogP contribution in [0.5, 0.6) is 0 Å². The number of para-hydroxylation sites is 2. The van der Waals surface area contributed by atoms with E-state index in [9.17, 15) is 4.79 Å². The van der Waals surface area contributed by atoms with Gasteiger partial charge in [0.05, 0.1) is 11.0 Å². The van der Waals surface area contributed by atoms with Gasteiger partial charge in [-0.15, -0.1) is 0 Å². The average molecular weight is 368 g/mol. The van der Waals surface area contributed by atoms with Crippen molar-refractivity contribution in [3.05, 3.63) is 59.4 Å². The first-order valence-electron chi connectivity index (χ1n) is 9.04. The van der Waals surface area contributed by atoms with E-state index in [0.29, 0.717) is 23.9 Å². The standard InChI is InChI=1S/C21H22ClN3O/c1-14(2)12-25-19-6-4-3-5-18(19)23-21(25)15-11-20(26)24(13-15)17-9-7-16(22)8-10-17/h3-10,14-15H,11-13H2,1-2H3/t15-/m0/s1. The first-order chi connectivity index (χ1) is 12.5. The van der Waals surface area contributed by atoms with Crippen LogP contribution in [0.25, 0.3) is 11.0 Å². The SMILES string of the molecule is CC(C)Cn1c([C@H]2CC(=O)N(c3ccc(Cl)cc3)C2)nc2ccccc21. The molecule has 1 aliphatic rings. The van der Waals surface area contributed by atoms with Crippen molar-refractivity contribution >= 4 is 34.2 Å². The quantitative estimate of drug-likeness (QED) is 0.660. The number of halogens is 1. The summed E-state index contributed by atoms with van der Waals surface area (Å²) >= 11 is 5.98. The molecule has 134 valence electrons. The lowest BCUT2D eigenvalue weighted by atomic mass is 10.1. The zero-order chi connectivity index (χ0) is 18.3. The maximum absolute atomic E-state index is 12.6. The predicted octanol–water partition coefficient (Wildman–Crippen LogP) is 4.87. The van der Waals surface area contributed by atoms with Gasteiger partial charge in [0.15, 0.2) is 0 Å². The van der Waals surface area contributed by atoms with Crippen LogP contribution in [0.1, 0.15) is 32.0 Å². The molecule has 2 aromatic carbocycles. The number of rotatable bonds is 4. The van der Waals surface area contributed by atoms with Gasteiger partial charge in [-0.2, -0.15) is 0 Å². The Kier molecular flexibility index (Phi) is 4.45. The number of aromatic nitrogens is 2. The van der Waals surface area contributed by atoms with Crippen LogP contribution in [0.3, 0.4) is 0 Å². The van der Waals surface area contributed by atoms with E-state index in [2.05, 4.69) is 24.5 Å². The van der Waals surface area contributed by atoms with Gasteiger partial charge in [0.25, 0.3) is 0 Å². The van der Waals surface area contributed by atoms with Crippen LogP contribution in [0.4, 0.5) is 5.69 Å². The molecular weight excluding hydrogens is 346 g/mol. The van der Waals surface area contributed by atoms with E-state index in [4.69, 9.17) is 16.6 Å². The molecule has 2 heterocycles. The summed E-state index contributed by atoms with van der Waals surface area (Å²) in [5.74, 6) is 1.77. The molecule has 4 rings (SSSR count). The second-order valence-electron chi connectivity index (χ2n) is 7.34. The fourth-order valence-electron chi connectivity index (χ4n) is 3.71. The molecule has 0 aliphatic carbocycles. The second kappa shape index (κ2) is 6.76. The van der Waals surface area contributed by atoms with Gasteiger partial charge < -0.3 is 9.47 Å². The topological polar surface area (TPSA) is 38.1 Å². The zero-order valence-electron chi connectivity index (χ0n) is 15.0. The third kappa shape index (κ3) is 3.10. The summed E-state index contributed by atoms with van der Waals surface area (Å²) in [6, 6.07) is 15.7. The summed E-state index contributed by atoms with van der Waals surface area (Å²) in [5.41, 5.74) is 3.04. The molecule has 1 fully saturated rings. The summed E-state index contributed by atoms with van der Waals surface area (Å²) in [5, 5.41) is 0.677. The van der Waals surface area contributed by atoms with Crippen molar-refractivity contribution in [1.82, 2.24) is 9.55 Å². The molecule has 5 heteroatoms. The molecule has 3 aromatic rings. The largest absolute Gasteiger partial charge is 0.327 e. The Bertz CT molecular complexity index is 946. The number of benzene rings is 2. The molecule has 26 heavy (non-hydrogen) atoms. The highest BCUT2D eigenvalue weighted by Crippen LogP contribution is 2.33. The molecule has 4 nitrogen and oxygen atoms in total. The Balaban J connectivity index is 1.69. The number of anilines is 1. The number of hydrogen-bond donors (Lipinski definition) is 0. The summed E-state index contributed by atoms with van der Waals surface area (Å²) in [4.78, 5) is 19.4. The minimum Gasteiger partial charge on any atom is -0.327 e. The van der Waals surface area contributed by atoms with Crippen LogP contribution in [0.2, 0.25) is 5.02 Å². The Hall–Kier alpha value is -2.33. The summed E-state index contributed by atoms with van der Waals surface area (Å²) in [6.45, 7) is 5.97. The van der Waals surface area contributed by atoms with Gasteiger partial charge in [-0.3, -0.25) is 4.79 Å². The average Bonchev–Trinajstić information content (AvgIpc) is 3.16. The van der Waals surface area contributed by atoms with E-state index < -0.39 is 0 Å². The molecule has 0 bridgehead atoms. The van der Waals surface area contributed by atoms with Gasteiger partial charge in [-0.25, -0.2) is 4.98 Å². The molecule has 1 aliphatic heterocycles. The molecule has 1 aromatic heterocycles. The number of amides is 1. The number of carbonyl (C=O) groups is 1. The van der Waals surface area contributed by atoms with Crippen molar-refractivity contribution in [2.24, 2.45) is 5.92 Å². The number of nitrogens with zero attached hydrogens (tertiary/aromatic N) is 3. The lowest BCUT2D eigenvalue weighted by Gasteiger charge is -2.18. The molecular formula is C21H22ClN3O. The predicted molar refractivity (Wildman–Crippen MR) is 106 cm³/mol. The van der Waals surface area contributed by atoms with Crippen LogP contribution >= 0.6 is 11.6 Å². The van der Waals surface area contributed by atoms with Crippen LogP contribution in [-0.2, 0) is 11.3 Å². The second-order valence-corrected chi connectivity index (χ2v) is 7.78. The van der Waals surface area contributed by atoms with E-state index >= 15 is 0 Å². The van der Waals surface area contributed by atoms with Gasteiger partial charge in [0.2, 0.25) is 5.91 Å². The first kappa shape index (κ1) is 17.1. The number of carbonyl (C=O) groups excluding carboxylic acids is 1. The van der Waals surface area contributed by atoms with Gasteiger partial charge in [0.1, 0.15) is 5.82 Å². The van der Waals surface area contributed by atoms with Crippen molar-refractivity contribution in [2.45, 2.75) is 32.7 Å². The summed E-state index contributed by atoms with van der Waals surface area (Å²) in [7, 11) is 0. The van der Waals surface area contributed by atoms with Gasteiger partial charge in [0, 0.05) is 36.1 Å². The van der Waals surface area contributed by atoms with Crippen molar-refractivity contribution in [1.29, 1.82) is 0 Å². The smallest absolute Gasteiger partial charge is 0.227 e. The third-order valence-electron chi connectivity index (χ3n) is 4.86. The maximum Gasteiger partial charge on any atom is 0.227 e. The first-order valence-corrected chi connectivity index (χ1v) is 9.42. The molecule has 0 saturated carbocycles. The Morgan fingerprint density at radius 3 is 2.62 bits per heavy atom. The van der Waals surface area contributed by atoms with Crippen LogP contribution in [-0.4, -0.2) is 22.0 Å². The maximum atomic E-state index is 12.6. The van der Waals surface area contributed by atoms with E-state index in [0.717, 1.165) is 29.1 Å². The van der Waals surface area contributed by atoms with E-state index in [1.165, 1.54) is 0 Å². The van der Waals surface area contributed by atoms with Crippen molar-refractivity contribution < 1.29 is 4.79 Å². The highest BCUT2D eigenvalue weighted by atomic mass is 35.5. The summed E-state index contributed by atoms with van der Waals surface area (Å²) < 4.78 is 2.29. The molecule has 1 amide bonds. The highest BCUT2D eigenvalue weighted by molar-refractivity contribution is 6.30. The Morgan fingerprint density at radius 1 is 1.15 bits per heavy atom.